The van der Waals surface area contributed by atoms with Gasteiger partial charge >= 0.3 is 5.97 Å². The van der Waals surface area contributed by atoms with Crippen LogP contribution in [0, 0.1) is 0 Å². The fraction of sp³-hybridized carbons (Fsp3) is 0.222. The number of esters is 1. The van der Waals surface area contributed by atoms with Crippen molar-refractivity contribution < 1.29 is 23.8 Å². The molecule has 0 amide bonds. The largest absolute Gasteiger partial charge is 0.497 e. The van der Waals surface area contributed by atoms with Crippen molar-refractivity contribution in [2.24, 2.45) is 0 Å². The zero-order valence-corrected chi connectivity index (χ0v) is 13.2. The lowest BCUT2D eigenvalue weighted by Gasteiger charge is -2.14. The zero-order chi connectivity index (χ0) is 16.8. The van der Waals surface area contributed by atoms with Crippen LogP contribution in [0.3, 0.4) is 0 Å². The molecule has 0 fully saturated rings. The van der Waals surface area contributed by atoms with Gasteiger partial charge in [-0.05, 0) is 62.4 Å². The molecule has 0 saturated heterocycles. The van der Waals surface area contributed by atoms with Crippen molar-refractivity contribution in [2.75, 3.05) is 7.11 Å². The van der Waals surface area contributed by atoms with Gasteiger partial charge in [0, 0.05) is 5.56 Å². The molecular weight excluding hydrogens is 296 g/mol. The van der Waals surface area contributed by atoms with Crippen LogP contribution < -0.4 is 14.2 Å². The highest BCUT2D eigenvalue weighted by Gasteiger charge is 2.17. The van der Waals surface area contributed by atoms with E-state index in [4.69, 9.17) is 14.2 Å². The monoisotopic (exact) mass is 314 g/mol. The molecule has 2 aromatic rings. The lowest BCUT2D eigenvalue weighted by atomic mass is 10.1. The highest BCUT2D eigenvalue weighted by atomic mass is 16.6. The third-order valence-corrected chi connectivity index (χ3v) is 3.18. The van der Waals surface area contributed by atoms with Crippen molar-refractivity contribution in [3.05, 3.63) is 54.1 Å². The van der Waals surface area contributed by atoms with Gasteiger partial charge in [0.1, 0.15) is 17.2 Å². The molecule has 0 heterocycles. The Morgan fingerprint density at radius 3 is 1.91 bits per heavy atom. The summed E-state index contributed by atoms with van der Waals surface area (Å²) >= 11 is 0. The smallest absolute Gasteiger partial charge is 0.352 e. The first-order valence-electron chi connectivity index (χ1n) is 7.13. The Hall–Kier alpha value is -2.82. The lowest BCUT2D eigenvalue weighted by Crippen LogP contribution is -2.28. The van der Waals surface area contributed by atoms with E-state index in [-0.39, 0.29) is 5.78 Å². The average Bonchev–Trinajstić information content (AvgIpc) is 2.56. The molecule has 0 aliphatic heterocycles. The molecule has 0 aliphatic carbocycles. The van der Waals surface area contributed by atoms with Gasteiger partial charge in [-0.1, -0.05) is 0 Å². The van der Waals surface area contributed by atoms with E-state index in [1.54, 1.807) is 62.6 Å². The van der Waals surface area contributed by atoms with E-state index in [9.17, 15) is 9.59 Å². The summed E-state index contributed by atoms with van der Waals surface area (Å²) in [5.74, 6) is 1.06. The Labute approximate surface area is 134 Å². The Kier molecular flexibility index (Phi) is 5.36. The number of hydrogen-bond acceptors (Lipinski definition) is 5. The number of ketones is 1. The fourth-order valence-electron chi connectivity index (χ4n) is 1.86. The molecule has 1 atom stereocenters. The maximum atomic E-state index is 12.0. The van der Waals surface area contributed by atoms with E-state index in [0.29, 0.717) is 22.8 Å². The minimum Gasteiger partial charge on any atom is -0.497 e. The molecule has 0 spiro atoms. The van der Waals surface area contributed by atoms with E-state index in [0.717, 1.165) is 0 Å². The van der Waals surface area contributed by atoms with Crippen molar-refractivity contribution in [1.82, 2.24) is 0 Å². The minimum absolute atomic E-state index is 0.0425. The second-order valence-electron chi connectivity index (χ2n) is 4.94. The maximum absolute atomic E-state index is 12.0. The first kappa shape index (κ1) is 16.5. The fourth-order valence-corrected chi connectivity index (χ4v) is 1.86. The quantitative estimate of drug-likeness (QED) is 0.465. The SMILES string of the molecule is COc1ccc(OC(C)C(=O)Oc2ccc(C(C)=O)cc2)cc1. The molecule has 0 N–H and O–H groups in total. The first-order chi connectivity index (χ1) is 11.0. The summed E-state index contributed by atoms with van der Waals surface area (Å²) in [6, 6.07) is 13.3. The van der Waals surface area contributed by atoms with Crippen molar-refractivity contribution in [1.29, 1.82) is 0 Å². The van der Waals surface area contributed by atoms with E-state index in [1.165, 1.54) is 6.92 Å². The number of ether oxygens (including phenoxy) is 3. The predicted octanol–water partition coefficient (Wildman–Crippen LogP) is 3.27. The van der Waals surface area contributed by atoms with Gasteiger partial charge in [0.15, 0.2) is 11.9 Å². The maximum Gasteiger partial charge on any atom is 0.352 e. The van der Waals surface area contributed by atoms with Crippen molar-refractivity contribution >= 4 is 11.8 Å². The number of methoxy groups -OCH3 is 1. The molecule has 2 aromatic carbocycles. The molecule has 0 aromatic heterocycles. The number of Topliss-reactive ketones (excluding diaryl/α,β-unsaturated/α-hetero) is 1. The molecule has 0 aliphatic rings. The van der Waals surface area contributed by atoms with Gasteiger partial charge < -0.3 is 14.2 Å². The molecule has 5 heteroatoms. The summed E-state index contributed by atoms with van der Waals surface area (Å²) in [7, 11) is 1.58. The summed E-state index contributed by atoms with van der Waals surface area (Å²) in [5, 5.41) is 0. The Bertz CT molecular complexity index is 674. The second kappa shape index (κ2) is 7.45. The van der Waals surface area contributed by atoms with Gasteiger partial charge in [0.25, 0.3) is 0 Å². The summed E-state index contributed by atoms with van der Waals surface area (Å²) in [4.78, 5) is 23.2. The molecule has 0 saturated carbocycles. The second-order valence-corrected chi connectivity index (χ2v) is 4.94. The van der Waals surface area contributed by atoms with Gasteiger partial charge in [0.2, 0.25) is 0 Å². The molecule has 0 bridgehead atoms. The zero-order valence-electron chi connectivity index (χ0n) is 13.2. The molecule has 120 valence electrons. The van der Waals surface area contributed by atoms with Crippen LogP contribution in [0.5, 0.6) is 17.2 Å². The highest BCUT2D eigenvalue weighted by molar-refractivity contribution is 5.94. The number of rotatable bonds is 6. The summed E-state index contributed by atoms with van der Waals surface area (Å²) in [5.41, 5.74) is 0.562. The lowest BCUT2D eigenvalue weighted by molar-refractivity contribution is -0.141. The third kappa shape index (κ3) is 4.57. The van der Waals surface area contributed by atoms with Gasteiger partial charge in [-0.25, -0.2) is 4.79 Å². The van der Waals surface area contributed by atoms with Crippen LogP contribution in [0.15, 0.2) is 48.5 Å². The number of benzene rings is 2. The summed E-state index contributed by atoms with van der Waals surface area (Å²) < 4.78 is 15.8. The third-order valence-electron chi connectivity index (χ3n) is 3.18. The number of carbonyl (C=O) groups excluding carboxylic acids is 2. The predicted molar refractivity (Wildman–Crippen MR) is 85.2 cm³/mol. The topological polar surface area (TPSA) is 61.8 Å². The minimum atomic E-state index is -0.768. The standard InChI is InChI=1S/C18H18O5/c1-12(19)14-4-6-17(7-5-14)23-18(20)13(2)22-16-10-8-15(21-3)9-11-16/h4-11,13H,1-3H3. The van der Waals surface area contributed by atoms with E-state index in [2.05, 4.69) is 0 Å². The molecule has 1 unspecified atom stereocenters. The molecule has 23 heavy (non-hydrogen) atoms. The Balaban J connectivity index is 1.94. The molecular formula is C18H18O5. The number of carbonyl (C=O) groups is 2. The first-order valence-corrected chi connectivity index (χ1v) is 7.13. The summed E-state index contributed by atoms with van der Waals surface area (Å²) in [6.45, 7) is 3.09. The van der Waals surface area contributed by atoms with Crippen molar-refractivity contribution in [3.63, 3.8) is 0 Å². The van der Waals surface area contributed by atoms with Crippen LogP contribution in [0.1, 0.15) is 24.2 Å². The van der Waals surface area contributed by atoms with Gasteiger partial charge in [0.05, 0.1) is 7.11 Å². The van der Waals surface area contributed by atoms with Crippen LogP contribution in [-0.4, -0.2) is 25.0 Å². The molecule has 0 radical (unpaired) electrons. The number of hydrogen-bond donors (Lipinski definition) is 0. The van der Waals surface area contributed by atoms with E-state index >= 15 is 0 Å². The van der Waals surface area contributed by atoms with Gasteiger partial charge in [-0.2, -0.15) is 0 Å². The van der Waals surface area contributed by atoms with Gasteiger partial charge in [-0.15, -0.1) is 0 Å². The molecule has 2 rings (SSSR count). The van der Waals surface area contributed by atoms with Crippen LogP contribution in [0.4, 0.5) is 0 Å². The Morgan fingerprint density at radius 1 is 0.870 bits per heavy atom. The molecule has 5 nitrogen and oxygen atoms in total. The van der Waals surface area contributed by atoms with Crippen LogP contribution >= 0.6 is 0 Å². The van der Waals surface area contributed by atoms with E-state index in [1.807, 2.05) is 0 Å². The van der Waals surface area contributed by atoms with Crippen molar-refractivity contribution in [3.8, 4) is 17.2 Å². The van der Waals surface area contributed by atoms with Crippen LogP contribution in [0.25, 0.3) is 0 Å². The van der Waals surface area contributed by atoms with E-state index < -0.39 is 12.1 Å². The van der Waals surface area contributed by atoms with Crippen LogP contribution in [-0.2, 0) is 4.79 Å². The highest BCUT2D eigenvalue weighted by Crippen LogP contribution is 2.19. The Morgan fingerprint density at radius 2 is 1.39 bits per heavy atom. The normalized spacial score (nSPS) is 11.4. The van der Waals surface area contributed by atoms with Crippen molar-refractivity contribution in [2.45, 2.75) is 20.0 Å². The average molecular weight is 314 g/mol. The van der Waals surface area contributed by atoms with Gasteiger partial charge in [-0.3, -0.25) is 4.79 Å². The van der Waals surface area contributed by atoms with Crippen LogP contribution in [0.2, 0.25) is 0 Å². The summed E-state index contributed by atoms with van der Waals surface area (Å²) in [6.07, 6.45) is -0.768.